The predicted molar refractivity (Wildman–Crippen MR) is 110 cm³/mol. The highest BCUT2D eigenvalue weighted by Crippen LogP contribution is 2.20. The summed E-state index contributed by atoms with van der Waals surface area (Å²) in [7, 11) is -3.81. The van der Waals surface area contributed by atoms with Crippen molar-refractivity contribution in [1.29, 1.82) is 0 Å². The molecule has 8 heteroatoms. The van der Waals surface area contributed by atoms with Crippen molar-refractivity contribution in [3.8, 4) is 0 Å². The van der Waals surface area contributed by atoms with E-state index in [9.17, 15) is 13.5 Å². The quantitative estimate of drug-likeness (QED) is 0.448. The molecule has 0 aliphatic rings. The Morgan fingerprint density at radius 2 is 1.64 bits per heavy atom. The van der Waals surface area contributed by atoms with Crippen molar-refractivity contribution in [2.24, 2.45) is 11.7 Å². The first-order chi connectivity index (χ1) is 13.2. The van der Waals surface area contributed by atoms with E-state index in [-0.39, 0.29) is 23.9 Å². The summed E-state index contributed by atoms with van der Waals surface area (Å²) < 4.78 is 27.4. The van der Waals surface area contributed by atoms with Gasteiger partial charge in [-0.1, -0.05) is 44.2 Å². The maximum Gasteiger partial charge on any atom is 0.243 e. The van der Waals surface area contributed by atoms with Gasteiger partial charge < -0.3 is 10.8 Å². The Labute approximate surface area is 166 Å². The van der Waals surface area contributed by atoms with E-state index in [1.165, 1.54) is 28.6 Å². The largest absolute Gasteiger partial charge is 0.390 e. The second-order valence-electron chi connectivity index (χ2n) is 7.27. The van der Waals surface area contributed by atoms with Gasteiger partial charge in [0.2, 0.25) is 10.0 Å². The van der Waals surface area contributed by atoms with E-state index in [2.05, 4.69) is 0 Å². The summed E-state index contributed by atoms with van der Waals surface area (Å²) in [6.07, 6.45) is -0.554. The van der Waals surface area contributed by atoms with Crippen molar-refractivity contribution in [1.82, 2.24) is 4.31 Å². The number of nitrogens with one attached hydrogen (secondary N) is 1. The maximum absolute atomic E-state index is 13.1. The molecule has 0 aliphatic carbocycles. The van der Waals surface area contributed by atoms with Crippen LogP contribution in [0.15, 0.2) is 59.5 Å². The van der Waals surface area contributed by atoms with Gasteiger partial charge in [-0.25, -0.2) is 8.42 Å². The summed E-state index contributed by atoms with van der Waals surface area (Å²) in [5.41, 5.74) is 9.49. The van der Waals surface area contributed by atoms with Crippen LogP contribution in [-0.4, -0.2) is 48.3 Å². The van der Waals surface area contributed by atoms with Crippen molar-refractivity contribution in [2.75, 3.05) is 18.6 Å². The van der Waals surface area contributed by atoms with E-state index in [1.807, 2.05) is 49.7 Å². The molecular weight excluding hydrogens is 378 g/mol. The van der Waals surface area contributed by atoms with Crippen LogP contribution in [0, 0.1) is 5.92 Å². The van der Waals surface area contributed by atoms with Crippen molar-refractivity contribution in [3.05, 3.63) is 60.2 Å². The second kappa shape index (κ2) is 9.99. The summed E-state index contributed by atoms with van der Waals surface area (Å²) in [6.45, 7) is 4.00. The molecule has 0 bridgehead atoms. The molecule has 2 atom stereocenters. The number of aliphatic hydroxyl groups excluding tert-OH is 1. The Morgan fingerprint density at radius 3 is 2.18 bits per heavy atom. The third-order valence-corrected chi connectivity index (χ3v) is 6.23. The van der Waals surface area contributed by atoms with Gasteiger partial charge >= 0.3 is 0 Å². The van der Waals surface area contributed by atoms with E-state index in [4.69, 9.17) is 10.9 Å². The Balaban J connectivity index is 2.17. The van der Waals surface area contributed by atoms with Crippen LogP contribution in [0.25, 0.3) is 0 Å². The maximum atomic E-state index is 13.1. The molecule has 28 heavy (non-hydrogen) atoms. The van der Waals surface area contributed by atoms with Crippen molar-refractivity contribution in [3.63, 3.8) is 0 Å². The summed E-state index contributed by atoms with van der Waals surface area (Å²) >= 11 is 0. The van der Waals surface area contributed by atoms with Crippen molar-refractivity contribution in [2.45, 2.75) is 37.3 Å². The zero-order valence-corrected chi connectivity index (χ0v) is 17.0. The van der Waals surface area contributed by atoms with Crippen LogP contribution in [0.1, 0.15) is 19.4 Å². The molecule has 0 saturated heterocycles. The first-order valence-corrected chi connectivity index (χ1v) is 10.7. The smallest absolute Gasteiger partial charge is 0.243 e. The van der Waals surface area contributed by atoms with Crippen molar-refractivity contribution < 1.29 is 18.7 Å². The van der Waals surface area contributed by atoms with Gasteiger partial charge in [0.25, 0.3) is 0 Å². The number of nitrogens with zero attached hydrogens (tertiary/aromatic N) is 1. The van der Waals surface area contributed by atoms with E-state index in [1.54, 1.807) is 0 Å². The van der Waals surface area contributed by atoms with Crippen LogP contribution in [0.4, 0.5) is 5.69 Å². The molecule has 0 fully saturated rings. The summed E-state index contributed by atoms with van der Waals surface area (Å²) in [4.78, 5) is 0.0935. The van der Waals surface area contributed by atoms with Crippen LogP contribution in [0.2, 0.25) is 0 Å². The summed E-state index contributed by atoms with van der Waals surface area (Å²) in [5, 5.41) is 19.5. The minimum absolute atomic E-state index is 0.0747. The number of hydrogen-bond acceptors (Lipinski definition) is 6. The highest BCUT2D eigenvalue weighted by molar-refractivity contribution is 7.89. The molecule has 2 rings (SSSR count). The van der Waals surface area contributed by atoms with E-state index < -0.39 is 22.2 Å². The predicted octanol–water partition coefficient (Wildman–Crippen LogP) is 2.07. The summed E-state index contributed by atoms with van der Waals surface area (Å²) in [6, 6.07) is 14.7. The highest BCUT2D eigenvalue weighted by atomic mass is 32.2. The monoisotopic (exact) mass is 407 g/mol. The van der Waals surface area contributed by atoms with Gasteiger partial charge in [0, 0.05) is 19.1 Å². The van der Waals surface area contributed by atoms with Gasteiger partial charge in [-0.15, -0.1) is 0 Å². The first-order valence-electron chi connectivity index (χ1n) is 9.22. The Morgan fingerprint density at radius 1 is 1.04 bits per heavy atom. The molecule has 2 aromatic rings. The first kappa shape index (κ1) is 22.3. The third kappa shape index (κ3) is 6.02. The topological polar surface area (TPSA) is 116 Å². The molecule has 0 radical (unpaired) electrons. The molecule has 0 unspecified atom stereocenters. The number of nitrogens with two attached hydrogens (primary N) is 1. The fourth-order valence-electron chi connectivity index (χ4n) is 2.89. The molecule has 5 N–H and O–H groups in total. The molecule has 0 aliphatic heterocycles. The van der Waals surface area contributed by atoms with Gasteiger partial charge in [-0.2, -0.15) is 4.31 Å². The average molecular weight is 408 g/mol. The lowest BCUT2D eigenvalue weighted by Gasteiger charge is -2.28. The van der Waals surface area contributed by atoms with Gasteiger partial charge in [-0.3, -0.25) is 10.7 Å². The molecule has 2 aromatic carbocycles. The Hall–Kier alpha value is -1.97. The average Bonchev–Trinajstić information content (AvgIpc) is 2.67. The van der Waals surface area contributed by atoms with E-state index >= 15 is 0 Å². The summed E-state index contributed by atoms with van der Waals surface area (Å²) in [5.74, 6) is 0.0747. The molecule has 7 nitrogen and oxygen atoms in total. The molecule has 0 saturated carbocycles. The van der Waals surface area contributed by atoms with Gasteiger partial charge in [-0.05, 0) is 42.2 Å². The number of benzene rings is 2. The SMILES string of the molecule is CC(C)CN(C[C@@H](O)[C@@H](N)Cc1ccccc1)S(=O)(=O)c1ccc(NO)cc1. The fraction of sp³-hybridized carbons (Fsp3) is 0.400. The molecule has 0 spiro atoms. The fourth-order valence-corrected chi connectivity index (χ4v) is 4.52. The zero-order chi connectivity index (χ0) is 20.7. The van der Waals surface area contributed by atoms with Crippen molar-refractivity contribution >= 4 is 15.7 Å². The highest BCUT2D eigenvalue weighted by Gasteiger charge is 2.29. The van der Waals surface area contributed by atoms with Crippen LogP contribution in [0.3, 0.4) is 0 Å². The van der Waals surface area contributed by atoms with Crippen LogP contribution >= 0.6 is 0 Å². The standard InChI is InChI=1S/C20H29N3O4S/c1-15(2)13-23(28(26,27)18-10-8-17(22-25)9-11-18)14-20(24)19(21)12-16-6-4-3-5-7-16/h3-11,15,19-20,22,24-25H,12-14,21H2,1-2H3/t19-,20+/m0/s1. The van der Waals surface area contributed by atoms with Gasteiger partial charge in [0.05, 0.1) is 16.7 Å². The zero-order valence-electron chi connectivity index (χ0n) is 16.2. The normalized spacial score (nSPS) is 14.2. The van der Waals surface area contributed by atoms with Crippen LogP contribution in [-0.2, 0) is 16.4 Å². The lowest BCUT2D eigenvalue weighted by atomic mass is 10.0. The number of anilines is 1. The molecule has 0 amide bonds. The minimum atomic E-state index is -3.81. The van der Waals surface area contributed by atoms with Gasteiger partial charge in [0.1, 0.15) is 0 Å². The Bertz CT molecular complexity index is 826. The molecule has 154 valence electrons. The second-order valence-corrected chi connectivity index (χ2v) is 9.21. The number of rotatable bonds is 10. The van der Waals surface area contributed by atoms with Crippen LogP contribution < -0.4 is 11.2 Å². The Kier molecular flexibility index (Phi) is 7.97. The number of aliphatic hydroxyl groups is 1. The minimum Gasteiger partial charge on any atom is -0.390 e. The van der Waals surface area contributed by atoms with E-state index in [0.717, 1.165) is 5.56 Å². The molecule has 0 aromatic heterocycles. The number of sulfonamides is 1. The lowest BCUT2D eigenvalue weighted by Crippen LogP contribution is -2.47. The number of hydrogen-bond donors (Lipinski definition) is 4. The van der Waals surface area contributed by atoms with E-state index in [0.29, 0.717) is 12.1 Å². The third-order valence-electron chi connectivity index (χ3n) is 4.39. The van der Waals surface area contributed by atoms with Gasteiger partial charge in [0.15, 0.2) is 0 Å². The molecule has 0 heterocycles. The lowest BCUT2D eigenvalue weighted by molar-refractivity contribution is 0.116. The molecular formula is C20H29N3O4S. The van der Waals surface area contributed by atoms with Crippen LogP contribution in [0.5, 0.6) is 0 Å².